The molecule has 0 N–H and O–H groups in total. The Bertz CT molecular complexity index is 4090. The number of fused-ring (bicyclic) bond motifs is 9. The van der Waals surface area contributed by atoms with Gasteiger partial charge in [-0.2, -0.15) is 0 Å². The van der Waals surface area contributed by atoms with E-state index in [1.807, 2.05) is 73.6 Å². The maximum absolute atomic E-state index is 10.7. The fourth-order valence-electron chi connectivity index (χ4n) is 10.7. The standard InChI is InChI=1S/3C24H16N2.F6P.Ru/c3*1-3-7-17(8-4-1)19-13-15-25-23-21(19)11-12-22-20(14-16-26-24(22)23)18-9-5-2-6-10-18;1-7(2,3,4,5)6;/h3*1-16H;;/q;;;-1;+2. The minimum absolute atomic E-state index is 0. The Morgan fingerprint density at radius 3 is 0.442 bits per heavy atom. The molecule has 0 bridgehead atoms. The van der Waals surface area contributed by atoms with Crippen LogP contribution in [0.15, 0.2) is 292 Å². The van der Waals surface area contributed by atoms with Crippen molar-refractivity contribution in [3.05, 3.63) is 292 Å². The molecule has 0 spiro atoms. The zero-order valence-corrected chi connectivity index (χ0v) is 48.1. The molecule has 15 rings (SSSR count). The Morgan fingerprint density at radius 1 is 0.186 bits per heavy atom. The molecular formula is C72H48F6N6PRu+. The van der Waals surface area contributed by atoms with E-state index in [4.69, 9.17) is 0 Å². The van der Waals surface area contributed by atoms with Crippen LogP contribution >= 0.6 is 7.81 Å². The topological polar surface area (TPSA) is 77.3 Å². The van der Waals surface area contributed by atoms with Gasteiger partial charge in [-0.3, -0.25) is 29.9 Å². The zero-order valence-electron chi connectivity index (χ0n) is 45.5. The van der Waals surface area contributed by atoms with Gasteiger partial charge in [0.25, 0.3) is 0 Å². The molecule has 0 amide bonds. The quantitative estimate of drug-likeness (QED) is 0.0714. The van der Waals surface area contributed by atoms with Crippen LogP contribution in [-0.2, 0) is 19.5 Å². The smallest absolute Gasteiger partial charge is 0.254 e. The largest absolute Gasteiger partial charge is 2.00 e. The summed E-state index contributed by atoms with van der Waals surface area (Å²) in [6.07, 6.45) is 11.3. The van der Waals surface area contributed by atoms with Crippen LogP contribution in [0.3, 0.4) is 0 Å². The van der Waals surface area contributed by atoms with Crippen molar-refractivity contribution in [2.75, 3.05) is 0 Å². The Morgan fingerprint density at radius 2 is 0.314 bits per heavy atom. The van der Waals surface area contributed by atoms with E-state index in [9.17, 15) is 25.2 Å². The average molecular weight is 1240 g/mol. The summed E-state index contributed by atoms with van der Waals surface area (Å²) in [5.74, 6) is 0. The Balaban J connectivity index is 0.000000126. The first-order chi connectivity index (χ1) is 41.2. The van der Waals surface area contributed by atoms with Gasteiger partial charge in [0.15, 0.2) is 0 Å². The van der Waals surface area contributed by atoms with Crippen molar-refractivity contribution >= 4 is 73.2 Å². The second-order valence-corrected chi connectivity index (χ2v) is 21.8. The van der Waals surface area contributed by atoms with Gasteiger partial charge in [0, 0.05) is 69.5 Å². The zero-order chi connectivity index (χ0) is 58.4. The maximum atomic E-state index is 9.87. The molecule has 6 nitrogen and oxygen atoms in total. The molecule has 0 aliphatic heterocycles. The Hall–Kier alpha value is -9.93. The normalized spacial score (nSPS) is 11.9. The summed E-state index contributed by atoms with van der Waals surface area (Å²) < 4.78 is 59.2. The maximum Gasteiger partial charge on any atom is 2.00 e. The first kappa shape index (κ1) is 57.9. The predicted molar refractivity (Wildman–Crippen MR) is 337 cm³/mol. The summed E-state index contributed by atoms with van der Waals surface area (Å²) in [6.45, 7) is 0. The third-order valence-electron chi connectivity index (χ3n) is 14.4. The molecule has 0 atom stereocenters. The summed E-state index contributed by atoms with van der Waals surface area (Å²) in [5.41, 5.74) is 19.9. The number of hydrogen-bond acceptors (Lipinski definition) is 6. The molecule has 9 aromatic carbocycles. The fraction of sp³-hybridized carbons (Fsp3) is 0. The second-order valence-electron chi connectivity index (χ2n) is 19.9. The summed E-state index contributed by atoms with van der Waals surface area (Å²) in [7, 11) is -10.7. The molecule has 0 saturated carbocycles. The van der Waals surface area contributed by atoms with E-state index in [0.29, 0.717) is 0 Å². The van der Waals surface area contributed by atoms with Gasteiger partial charge >= 0.3 is 52.5 Å². The van der Waals surface area contributed by atoms with Crippen molar-refractivity contribution in [3.8, 4) is 66.8 Å². The van der Waals surface area contributed by atoms with E-state index in [2.05, 4.69) is 248 Å². The minimum atomic E-state index is -10.7. The van der Waals surface area contributed by atoms with E-state index >= 15 is 0 Å². The number of pyridine rings is 6. The molecular weight excluding hydrogens is 1190 g/mol. The number of hydrogen-bond donors (Lipinski definition) is 0. The Kier molecular flexibility index (Phi) is 16.1. The molecule has 15 aromatic rings. The van der Waals surface area contributed by atoms with E-state index in [1.165, 1.54) is 66.8 Å². The van der Waals surface area contributed by atoms with Crippen LogP contribution in [0.4, 0.5) is 25.2 Å². The molecule has 86 heavy (non-hydrogen) atoms. The van der Waals surface area contributed by atoms with E-state index in [1.54, 1.807) is 0 Å². The van der Waals surface area contributed by atoms with Gasteiger partial charge < -0.3 is 0 Å². The van der Waals surface area contributed by atoms with Gasteiger partial charge in [-0.25, -0.2) is 0 Å². The van der Waals surface area contributed by atoms with Crippen molar-refractivity contribution in [3.63, 3.8) is 0 Å². The SMILES string of the molecule is F[P-](F)(F)(F)(F)F.[Ru+2].c1ccc(-c2ccnc3c2ccc2c(-c4ccccc4)ccnc23)cc1.c1ccc(-c2ccnc3c2ccc2c(-c4ccccc4)ccnc23)cc1.c1ccc(-c2ccnc3c2ccc2c(-c4ccccc4)ccnc23)cc1. The summed E-state index contributed by atoms with van der Waals surface area (Å²) >= 11 is 0. The third-order valence-corrected chi connectivity index (χ3v) is 14.4. The van der Waals surface area contributed by atoms with Gasteiger partial charge in [0.1, 0.15) is 0 Å². The molecule has 14 heteroatoms. The van der Waals surface area contributed by atoms with Crippen molar-refractivity contribution in [2.45, 2.75) is 0 Å². The number of halogens is 6. The van der Waals surface area contributed by atoms with E-state index in [0.717, 1.165) is 65.4 Å². The first-order valence-electron chi connectivity index (χ1n) is 27.1. The van der Waals surface area contributed by atoms with E-state index in [-0.39, 0.29) is 19.5 Å². The number of nitrogens with zero attached hydrogens (tertiary/aromatic N) is 6. The van der Waals surface area contributed by atoms with Crippen LogP contribution in [0.2, 0.25) is 0 Å². The summed E-state index contributed by atoms with van der Waals surface area (Å²) in [6, 6.07) is 88.0. The fourth-order valence-corrected chi connectivity index (χ4v) is 10.7. The number of aromatic nitrogens is 6. The van der Waals surface area contributed by atoms with Crippen molar-refractivity contribution in [1.82, 2.24) is 29.9 Å². The average Bonchev–Trinajstić information content (AvgIpc) is 2.43. The number of rotatable bonds is 6. The molecule has 0 radical (unpaired) electrons. The van der Waals surface area contributed by atoms with Crippen molar-refractivity contribution < 1.29 is 44.7 Å². The molecule has 0 fully saturated rings. The van der Waals surface area contributed by atoms with Crippen LogP contribution in [-0.4, -0.2) is 29.9 Å². The molecule has 0 aliphatic rings. The molecule has 0 saturated heterocycles. The summed E-state index contributed by atoms with van der Waals surface area (Å²) in [5, 5.41) is 6.77. The van der Waals surface area contributed by atoms with Gasteiger partial charge in [-0.1, -0.05) is 218 Å². The van der Waals surface area contributed by atoms with Gasteiger partial charge in [-0.15, -0.1) is 0 Å². The molecule has 420 valence electrons. The van der Waals surface area contributed by atoms with Crippen LogP contribution < -0.4 is 0 Å². The van der Waals surface area contributed by atoms with E-state index < -0.39 is 7.81 Å². The van der Waals surface area contributed by atoms with Gasteiger partial charge in [0.2, 0.25) is 0 Å². The third kappa shape index (κ3) is 13.2. The van der Waals surface area contributed by atoms with Crippen molar-refractivity contribution in [2.24, 2.45) is 0 Å². The van der Waals surface area contributed by atoms with Crippen molar-refractivity contribution in [1.29, 1.82) is 0 Å². The minimum Gasteiger partial charge on any atom is -0.254 e. The van der Waals surface area contributed by atoms with Crippen LogP contribution in [0.1, 0.15) is 0 Å². The van der Waals surface area contributed by atoms with Crippen LogP contribution in [0.5, 0.6) is 0 Å². The first-order valence-corrected chi connectivity index (χ1v) is 29.1. The molecule has 6 aromatic heterocycles. The number of benzene rings is 9. The summed E-state index contributed by atoms with van der Waals surface area (Å²) in [4.78, 5) is 28.0. The molecule has 0 aliphatic carbocycles. The predicted octanol–water partition coefficient (Wildman–Crippen LogP) is 21.7. The molecule has 0 unspecified atom stereocenters. The van der Waals surface area contributed by atoms with Gasteiger partial charge in [-0.05, 0) is 103 Å². The van der Waals surface area contributed by atoms with Crippen LogP contribution in [0.25, 0.3) is 132 Å². The monoisotopic (exact) mass is 1240 g/mol. The molecule has 6 heterocycles. The van der Waals surface area contributed by atoms with Crippen LogP contribution in [0, 0.1) is 0 Å². The van der Waals surface area contributed by atoms with Gasteiger partial charge in [0.05, 0.1) is 33.1 Å². The Labute approximate surface area is 503 Å². The second kappa shape index (κ2) is 24.0.